The maximum Gasteiger partial charge on any atom is 0.345 e. The Bertz CT molecular complexity index is 619. The van der Waals surface area contributed by atoms with Crippen molar-refractivity contribution in [3.05, 3.63) is 40.1 Å². The molecule has 0 atom stereocenters. The molecule has 1 aliphatic heterocycles. The largest absolute Gasteiger partial charge is 0.489 e. The molecule has 0 spiro atoms. The van der Waals surface area contributed by atoms with E-state index in [1.165, 1.54) is 11.3 Å². The van der Waals surface area contributed by atoms with E-state index in [9.17, 15) is 4.79 Å². The topological polar surface area (TPSA) is 65.0 Å². The molecule has 2 aromatic rings. The van der Waals surface area contributed by atoms with Crippen molar-refractivity contribution in [2.45, 2.75) is 6.61 Å². The molecule has 0 unspecified atom stereocenters. The Morgan fingerprint density at radius 3 is 2.95 bits per heavy atom. The second-order valence-corrected chi connectivity index (χ2v) is 4.84. The predicted molar refractivity (Wildman–Crippen MR) is 68.2 cm³/mol. The standard InChI is InChI=1S/C13H10O5S/c14-13(15)12-3-8(6-19-12)5-16-9-1-2-10-11(4-9)18-7-17-10/h1-4,6H,5,7H2,(H,14,15). The minimum atomic E-state index is -0.917. The average molecular weight is 278 g/mol. The van der Waals surface area contributed by atoms with Gasteiger partial charge in [-0.3, -0.25) is 0 Å². The smallest absolute Gasteiger partial charge is 0.345 e. The van der Waals surface area contributed by atoms with Crippen molar-refractivity contribution in [1.29, 1.82) is 0 Å². The first-order valence-electron chi connectivity index (χ1n) is 5.55. The summed E-state index contributed by atoms with van der Waals surface area (Å²) in [6.07, 6.45) is 0. The molecule has 0 radical (unpaired) electrons. The number of carbonyl (C=O) groups is 1. The number of thiophene rings is 1. The molecule has 1 aromatic heterocycles. The van der Waals surface area contributed by atoms with E-state index in [-0.39, 0.29) is 6.79 Å². The van der Waals surface area contributed by atoms with Gasteiger partial charge in [0.25, 0.3) is 0 Å². The third-order valence-electron chi connectivity index (χ3n) is 2.61. The molecule has 0 saturated carbocycles. The van der Waals surface area contributed by atoms with Crippen LogP contribution in [0.25, 0.3) is 0 Å². The van der Waals surface area contributed by atoms with Crippen LogP contribution >= 0.6 is 11.3 Å². The molecule has 1 N–H and O–H groups in total. The van der Waals surface area contributed by atoms with Gasteiger partial charge in [-0.1, -0.05) is 0 Å². The fraction of sp³-hybridized carbons (Fsp3) is 0.154. The first-order valence-corrected chi connectivity index (χ1v) is 6.43. The fourth-order valence-electron chi connectivity index (χ4n) is 1.70. The summed E-state index contributed by atoms with van der Waals surface area (Å²) in [4.78, 5) is 11.1. The van der Waals surface area contributed by atoms with Crippen molar-refractivity contribution in [1.82, 2.24) is 0 Å². The summed E-state index contributed by atoms with van der Waals surface area (Å²) in [5.74, 6) is 1.11. The van der Waals surface area contributed by atoms with Crippen LogP contribution in [0.4, 0.5) is 0 Å². The second kappa shape index (κ2) is 4.81. The van der Waals surface area contributed by atoms with Gasteiger partial charge >= 0.3 is 5.97 Å². The molecule has 0 aliphatic carbocycles. The zero-order valence-electron chi connectivity index (χ0n) is 9.79. The van der Waals surface area contributed by atoms with Crippen LogP contribution in [0.2, 0.25) is 0 Å². The molecule has 1 aromatic carbocycles. The number of hydrogen-bond acceptors (Lipinski definition) is 5. The number of aromatic carboxylic acids is 1. The van der Waals surface area contributed by atoms with Gasteiger partial charge in [0, 0.05) is 11.6 Å². The molecule has 2 heterocycles. The van der Waals surface area contributed by atoms with Gasteiger partial charge < -0.3 is 19.3 Å². The van der Waals surface area contributed by atoms with Gasteiger partial charge in [0.15, 0.2) is 11.5 Å². The molecule has 0 fully saturated rings. The third kappa shape index (κ3) is 2.48. The SMILES string of the molecule is O=C(O)c1cc(COc2ccc3c(c2)OCO3)cs1. The van der Waals surface area contributed by atoms with Gasteiger partial charge in [0.2, 0.25) is 6.79 Å². The van der Waals surface area contributed by atoms with Crippen LogP contribution in [-0.4, -0.2) is 17.9 Å². The monoisotopic (exact) mass is 278 g/mol. The maximum atomic E-state index is 10.8. The summed E-state index contributed by atoms with van der Waals surface area (Å²) in [5.41, 5.74) is 0.833. The molecular formula is C13H10O5S. The van der Waals surface area contributed by atoms with Gasteiger partial charge in [-0.15, -0.1) is 11.3 Å². The average Bonchev–Trinajstić information content (AvgIpc) is 3.04. The lowest BCUT2D eigenvalue weighted by Crippen LogP contribution is -1.95. The minimum absolute atomic E-state index is 0.227. The predicted octanol–water partition coefficient (Wildman–Crippen LogP) is 2.75. The summed E-state index contributed by atoms with van der Waals surface area (Å²) < 4.78 is 16.0. The van der Waals surface area contributed by atoms with Crippen LogP contribution < -0.4 is 14.2 Å². The van der Waals surface area contributed by atoms with Crippen LogP contribution in [0.5, 0.6) is 17.2 Å². The van der Waals surface area contributed by atoms with E-state index in [4.69, 9.17) is 19.3 Å². The van der Waals surface area contributed by atoms with Crippen LogP contribution in [0.1, 0.15) is 15.2 Å². The van der Waals surface area contributed by atoms with Crippen molar-refractivity contribution in [2.24, 2.45) is 0 Å². The number of rotatable bonds is 4. The molecular weight excluding hydrogens is 268 g/mol. The normalized spacial score (nSPS) is 12.4. The van der Waals surface area contributed by atoms with Crippen molar-refractivity contribution in [2.75, 3.05) is 6.79 Å². The van der Waals surface area contributed by atoms with Crippen molar-refractivity contribution in [3.8, 4) is 17.2 Å². The molecule has 0 bridgehead atoms. The molecule has 19 heavy (non-hydrogen) atoms. The molecule has 0 saturated heterocycles. The molecule has 6 heteroatoms. The molecule has 0 amide bonds. The Morgan fingerprint density at radius 1 is 1.32 bits per heavy atom. The van der Waals surface area contributed by atoms with Gasteiger partial charge in [0.05, 0.1) is 0 Å². The summed E-state index contributed by atoms with van der Waals surface area (Å²) >= 11 is 1.19. The van der Waals surface area contributed by atoms with Crippen molar-refractivity contribution in [3.63, 3.8) is 0 Å². The molecule has 5 nitrogen and oxygen atoms in total. The fourth-order valence-corrected chi connectivity index (χ4v) is 2.43. The lowest BCUT2D eigenvalue weighted by atomic mass is 10.3. The summed E-state index contributed by atoms with van der Waals surface area (Å²) in [6.45, 7) is 0.550. The van der Waals surface area contributed by atoms with E-state index in [0.29, 0.717) is 28.7 Å². The lowest BCUT2D eigenvalue weighted by molar-refractivity contribution is 0.0702. The highest BCUT2D eigenvalue weighted by atomic mass is 32.1. The lowest BCUT2D eigenvalue weighted by Gasteiger charge is -2.05. The quantitative estimate of drug-likeness (QED) is 0.931. The van der Waals surface area contributed by atoms with E-state index < -0.39 is 5.97 Å². The number of ether oxygens (including phenoxy) is 3. The third-order valence-corrected chi connectivity index (χ3v) is 3.58. The van der Waals surface area contributed by atoms with E-state index in [1.807, 2.05) is 0 Å². The summed E-state index contributed by atoms with van der Waals surface area (Å²) in [6, 6.07) is 6.94. The minimum Gasteiger partial charge on any atom is -0.489 e. The number of carboxylic acid groups (broad SMARTS) is 1. The van der Waals surface area contributed by atoms with Crippen LogP contribution in [0.3, 0.4) is 0 Å². The van der Waals surface area contributed by atoms with E-state index in [1.54, 1.807) is 29.6 Å². The zero-order valence-corrected chi connectivity index (χ0v) is 10.6. The summed E-state index contributed by atoms with van der Waals surface area (Å²) in [7, 11) is 0. The first-order chi connectivity index (χ1) is 9.22. The van der Waals surface area contributed by atoms with E-state index >= 15 is 0 Å². The Hall–Kier alpha value is -2.21. The highest BCUT2D eigenvalue weighted by Gasteiger charge is 2.14. The molecule has 1 aliphatic rings. The number of benzene rings is 1. The van der Waals surface area contributed by atoms with E-state index in [0.717, 1.165) is 5.56 Å². The highest BCUT2D eigenvalue weighted by Crippen LogP contribution is 2.35. The highest BCUT2D eigenvalue weighted by molar-refractivity contribution is 7.12. The Balaban J connectivity index is 1.67. The molecule has 3 rings (SSSR count). The van der Waals surface area contributed by atoms with Gasteiger partial charge in [0.1, 0.15) is 17.2 Å². The van der Waals surface area contributed by atoms with Crippen molar-refractivity contribution < 1.29 is 24.1 Å². The van der Waals surface area contributed by atoms with E-state index in [2.05, 4.69) is 0 Å². The van der Waals surface area contributed by atoms with Gasteiger partial charge in [-0.2, -0.15) is 0 Å². The Kier molecular flexibility index (Phi) is 3.00. The zero-order chi connectivity index (χ0) is 13.2. The Labute approximate surface area is 113 Å². The second-order valence-electron chi connectivity index (χ2n) is 3.93. The number of fused-ring (bicyclic) bond motifs is 1. The Morgan fingerprint density at radius 2 is 2.16 bits per heavy atom. The van der Waals surface area contributed by atoms with Crippen LogP contribution in [0, 0.1) is 0 Å². The van der Waals surface area contributed by atoms with Crippen molar-refractivity contribution >= 4 is 17.3 Å². The van der Waals surface area contributed by atoms with Gasteiger partial charge in [-0.05, 0) is 23.6 Å². The van der Waals surface area contributed by atoms with Gasteiger partial charge in [-0.25, -0.2) is 4.79 Å². The number of hydrogen-bond donors (Lipinski definition) is 1. The van der Waals surface area contributed by atoms with Crippen LogP contribution in [0.15, 0.2) is 29.6 Å². The summed E-state index contributed by atoms with van der Waals surface area (Å²) in [5, 5.41) is 10.6. The first kappa shape index (κ1) is 11.9. The number of carboxylic acids is 1. The molecule has 98 valence electrons. The maximum absolute atomic E-state index is 10.8. The van der Waals surface area contributed by atoms with Crippen LogP contribution in [-0.2, 0) is 6.61 Å².